The molecule has 194 valence electrons. The number of hydrogen-bond donors (Lipinski definition) is 0. The highest BCUT2D eigenvalue weighted by atomic mass is 35.5. The van der Waals surface area contributed by atoms with Gasteiger partial charge in [0.25, 0.3) is 6.43 Å². The van der Waals surface area contributed by atoms with Crippen LogP contribution in [0.5, 0.6) is 0 Å². The SMILES string of the molecule is C[C@H]1CN(C(=O)/C=C/C(F)F)CCN1c1nc(=O)n2c3c(c(-c4ccc(Cl)c(F)c4)c(Cl)cc13)SCC2. The number of piperazine rings is 1. The number of alkyl halides is 2. The van der Waals surface area contributed by atoms with Crippen molar-refractivity contribution in [1.82, 2.24) is 14.5 Å². The molecule has 0 bridgehead atoms. The van der Waals surface area contributed by atoms with E-state index >= 15 is 0 Å². The van der Waals surface area contributed by atoms with Gasteiger partial charge in [-0.15, -0.1) is 11.8 Å². The number of halogens is 5. The molecule has 1 aromatic heterocycles. The molecule has 2 aromatic carbocycles. The third kappa shape index (κ3) is 4.82. The molecule has 1 atom stereocenters. The minimum Gasteiger partial charge on any atom is -0.350 e. The zero-order valence-electron chi connectivity index (χ0n) is 19.6. The number of thioether (sulfide) groups is 1. The lowest BCUT2D eigenvalue weighted by Crippen LogP contribution is -2.54. The largest absolute Gasteiger partial charge is 0.350 e. The van der Waals surface area contributed by atoms with E-state index in [0.29, 0.717) is 57.8 Å². The molecule has 0 radical (unpaired) electrons. The van der Waals surface area contributed by atoms with Crippen molar-refractivity contribution in [1.29, 1.82) is 0 Å². The van der Waals surface area contributed by atoms with Crippen LogP contribution < -0.4 is 10.6 Å². The summed E-state index contributed by atoms with van der Waals surface area (Å²) in [7, 11) is 0. The van der Waals surface area contributed by atoms with Crippen molar-refractivity contribution in [3.05, 3.63) is 62.8 Å². The third-order valence-electron chi connectivity index (χ3n) is 6.52. The number of carbonyl (C=O) groups excluding carboxylic acids is 1. The van der Waals surface area contributed by atoms with Crippen LogP contribution in [0, 0.1) is 5.82 Å². The van der Waals surface area contributed by atoms with Gasteiger partial charge in [-0.1, -0.05) is 29.3 Å². The number of aryl methyl sites for hydroxylation is 1. The average Bonchev–Trinajstić information content (AvgIpc) is 2.86. The number of rotatable bonds is 4. The fraction of sp³-hybridized carbons (Fsp3) is 0.320. The molecule has 0 spiro atoms. The summed E-state index contributed by atoms with van der Waals surface area (Å²) in [5.41, 5.74) is 1.43. The number of anilines is 1. The minimum absolute atomic E-state index is 0.00154. The standard InChI is InChI=1S/C25H21Cl2F3N4O2S/c1-13-12-32(20(35)5-4-19(29)30)6-7-33(13)24-15-11-17(27)21(14-2-3-16(26)18(28)10-14)23-22(15)34(8-9-37-23)25(36)31-24/h2-5,10-11,13,19H,6-9,12H2,1H3/b5-4+/t13-/m0/s1. The van der Waals surface area contributed by atoms with Gasteiger partial charge in [0.2, 0.25) is 5.91 Å². The van der Waals surface area contributed by atoms with Crippen LogP contribution in [-0.4, -0.2) is 58.2 Å². The van der Waals surface area contributed by atoms with E-state index < -0.39 is 23.8 Å². The molecule has 3 heterocycles. The molecule has 12 heteroatoms. The van der Waals surface area contributed by atoms with Gasteiger partial charge < -0.3 is 9.80 Å². The van der Waals surface area contributed by atoms with Crippen molar-refractivity contribution < 1.29 is 18.0 Å². The van der Waals surface area contributed by atoms with Crippen molar-refractivity contribution in [3.8, 4) is 11.1 Å². The molecule has 37 heavy (non-hydrogen) atoms. The molecule has 2 aliphatic rings. The van der Waals surface area contributed by atoms with E-state index in [2.05, 4.69) is 4.98 Å². The summed E-state index contributed by atoms with van der Waals surface area (Å²) in [6, 6.07) is 5.98. The number of amides is 1. The molecule has 0 saturated carbocycles. The van der Waals surface area contributed by atoms with Gasteiger partial charge in [-0.3, -0.25) is 9.36 Å². The van der Waals surface area contributed by atoms with Gasteiger partial charge in [0, 0.05) is 59.9 Å². The molecule has 0 unspecified atom stereocenters. The first-order valence-electron chi connectivity index (χ1n) is 11.5. The zero-order chi connectivity index (χ0) is 26.4. The molecule has 5 rings (SSSR count). The van der Waals surface area contributed by atoms with Gasteiger partial charge in [-0.25, -0.2) is 18.0 Å². The topological polar surface area (TPSA) is 58.4 Å². The Labute approximate surface area is 224 Å². The Morgan fingerprint density at radius 3 is 2.68 bits per heavy atom. The molecule has 1 amide bonds. The molecule has 3 aromatic rings. The summed E-state index contributed by atoms with van der Waals surface area (Å²) >= 11 is 14.2. The van der Waals surface area contributed by atoms with Gasteiger partial charge in [0.15, 0.2) is 0 Å². The van der Waals surface area contributed by atoms with Crippen molar-refractivity contribution in [3.63, 3.8) is 0 Å². The summed E-state index contributed by atoms with van der Waals surface area (Å²) in [6.07, 6.45) is -1.25. The van der Waals surface area contributed by atoms with E-state index in [-0.39, 0.29) is 24.2 Å². The van der Waals surface area contributed by atoms with Crippen LogP contribution in [0.2, 0.25) is 10.0 Å². The van der Waals surface area contributed by atoms with E-state index in [1.807, 2.05) is 11.8 Å². The van der Waals surface area contributed by atoms with Crippen LogP contribution in [0.1, 0.15) is 6.92 Å². The van der Waals surface area contributed by atoms with E-state index in [1.165, 1.54) is 28.8 Å². The summed E-state index contributed by atoms with van der Waals surface area (Å²) in [6.45, 7) is 3.25. The molecule has 0 N–H and O–H groups in total. The third-order valence-corrected chi connectivity index (χ3v) is 8.19. The number of carbonyl (C=O) groups is 1. The van der Waals surface area contributed by atoms with Crippen LogP contribution >= 0.6 is 35.0 Å². The minimum atomic E-state index is -2.70. The van der Waals surface area contributed by atoms with Crippen molar-refractivity contribution in [2.75, 3.05) is 30.3 Å². The fourth-order valence-electron chi connectivity index (χ4n) is 4.82. The Balaban J connectivity index is 1.59. The quantitative estimate of drug-likeness (QED) is 0.390. The first-order valence-corrected chi connectivity index (χ1v) is 13.3. The molecule has 6 nitrogen and oxygen atoms in total. The number of nitrogens with zero attached hydrogens (tertiary/aromatic N) is 4. The monoisotopic (exact) mass is 568 g/mol. The summed E-state index contributed by atoms with van der Waals surface area (Å²) in [5, 5.41) is 1.06. The number of aromatic nitrogens is 2. The number of hydrogen-bond acceptors (Lipinski definition) is 5. The van der Waals surface area contributed by atoms with Gasteiger partial charge in [-0.05, 0) is 36.8 Å². The molecule has 2 aliphatic heterocycles. The van der Waals surface area contributed by atoms with E-state index in [9.17, 15) is 22.8 Å². The smallest absolute Gasteiger partial charge is 0.350 e. The van der Waals surface area contributed by atoms with Gasteiger partial charge in [-0.2, -0.15) is 4.98 Å². The van der Waals surface area contributed by atoms with Crippen molar-refractivity contribution in [2.24, 2.45) is 0 Å². The normalized spacial score (nSPS) is 17.9. The van der Waals surface area contributed by atoms with Crippen LogP contribution in [0.3, 0.4) is 0 Å². The maximum Gasteiger partial charge on any atom is 0.350 e. The molecular weight excluding hydrogens is 548 g/mol. The van der Waals surface area contributed by atoms with Crippen LogP contribution in [0.15, 0.2) is 46.1 Å². The zero-order valence-corrected chi connectivity index (χ0v) is 21.9. The molecule has 0 aliphatic carbocycles. The van der Waals surface area contributed by atoms with E-state index in [0.717, 1.165) is 11.0 Å². The second kappa shape index (κ2) is 10.2. The Kier molecular flexibility index (Phi) is 7.17. The Hall–Kier alpha value is -2.69. The maximum absolute atomic E-state index is 14.3. The lowest BCUT2D eigenvalue weighted by molar-refractivity contribution is -0.126. The van der Waals surface area contributed by atoms with Gasteiger partial charge >= 0.3 is 5.69 Å². The lowest BCUT2D eigenvalue weighted by atomic mass is 10.0. The summed E-state index contributed by atoms with van der Waals surface area (Å²) in [4.78, 5) is 34.0. The molecular formula is C25H21Cl2F3N4O2S. The first-order chi connectivity index (χ1) is 17.7. The van der Waals surface area contributed by atoms with Gasteiger partial charge in [0.05, 0.1) is 15.6 Å². The lowest BCUT2D eigenvalue weighted by Gasteiger charge is -2.41. The maximum atomic E-state index is 14.3. The van der Waals surface area contributed by atoms with Crippen LogP contribution in [-0.2, 0) is 11.3 Å². The van der Waals surface area contributed by atoms with Crippen molar-refractivity contribution >= 4 is 57.6 Å². The van der Waals surface area contributed by atoms with Gasteiger partial charge in [0.1, 0.15) is 11.6 Å². The van der Waals surface area contributed by atoms with E-state index in [4.69, 9.17) is 23.2 Å². The average molecular weight is 569 g/mol. The Morgan fingerprint density at radius 1 is 1.19 bits per heavy atom. The first kappa shape index (κ1) is 25.9. The summed E-state index contributed by atoms with van der Waals surface area (Å²) < 4.78 is 40.9. The highest BCUT2D eigenvalue weighted by Crippen LogP contribution is 2.46. The van der Waals surface area contributed by atoms with Crippen LogP contribution in [0.4, 0.5) is 19.0 Å². The predicted molar refractivity (Wildman–Crippen MR) is 141 cm³/mol. The Bertz CT molecular complexity index is 1500. The number of benzene rings is 2. The highest BCUT2D eigenvalue weighted by molar-refractivity contribution is 7.99. The second-order valence-corrected chi connectivity index (χ2v) is 10.7. The summed E-state index contributed by atoms with van der Waals surface area (Å²) in [5.74, 6) is 0.00530. The van der Waals surface area contributed by atoms with E-state index in [1.54, 1.807) is 16.7 Å². The number of allylic oxidation sites excluding steroid dienone is 1. The van der Waals surface area contributed by atoms with Crippen molar-refractivity contribution in [2.45, 2.75) is 30.8 Å². The Morgan fingerprint density at radius 2 is 1.97 bits per heavy atom. The highest BCUT2D eigenvalue weighted by Gasteiger charge is 2.31. The second-order valence-electron chi connectivity index (χ2n) is 8.83. The molecule has 1 fully saturated rings. The fourth-order valence-corrected chi connectivity index (χ4v) is 6.51. The molecule has 1 saturated heterocycles. The predicted octanol–water partition coefficient (Wildman–Crippen LogP) is 5.47. The van der Waals surface area contributed by atoms with Crippen LogP contribution in [0.25, 0.3) is 22.0 Å².